The zero-order chi connectivity index (χ0) is 22.5. The fourth-order valence-corrected chi connectivity index (χ4v) is 3.91. The number of nitrogens with zero attached hydrogens (tertiary/aromatic N) is 5. The minimum absolute atomic E-state index is 0.131. The summed E-state index contributed by atoms with van der Waals surface area (Å²) >= 11 is 1.22. The van der Waals surface area contributed by atoms with Crippen LogP contribution in [0, 0.1) is 0 Å². The van der Waals surface area contributed by atoms with Crippen LogP contribution in [0.2, 0.25) is 0 Å². The molecule has 3 N–H and O–H groups in total. The van der Waals surface area contributed by atoms with Crippen molar-refractivity contribution < 1.29 is 9.53 Å². The summed E-state index contributed by atoms with van der Waals surface area (Å²) in [7, 11) is 3.51. The van der Waals surface area contributed by atoms with Crippen LogP contribution < -0.4 is 15.9 Å². The molecule has 0 radical (unpaired) electrons. The largest absolute Gasteiger partial charge is 0.497 e. The Kier molecular flexibility index (Phi) is 6.41. The first-order chi connectivity index (χ1) is 15.6. The third kappa shape index (κ3) is 4.59. The number of nitrogens with one attached hydrogen (secondary N) is 1. The van der Waals surface area contributed by atoms with Gasteiger partial charge in [-0.05, 0) is 29.8 Å². The number of thioether (sulfide) groups is 1. The van der Waals surface area contributed by atoms with E-state index in [0.717, 1.165) is 22.7 Å². The van der Waals surface area contributed by atoms with Crippen molar-refractivity contribution in [1.82, 2.24) is 29.7 Å². The van der Waals surface area contributed by atoms with Crippen LogP contribution in [-0.4, -0.2) is 43.2 Å². The highest BCUT2D eigenvalue weighted by Gasteiger charge is 2.21. The monoisotopic (exact) mass is 449 g/mol. The predicted molar refractivity (Wildman–Crippen MR) is 123 cm³/mol. The fourth-order valence-electron chi connectivity index (χ4n) is 3.24. The third-order valence-electron chi connectivity index (χ3n) is 4.90. The molecule has 0 saturated heterocycles. The number of ether oxygens (including phenoxy) is 1. The van der Waals surface area contributed by atoms with Gasteiger partial charge < -0.3 is 20.5 Å². The highest BCUT2D eigenvalue weighted by molar-refractivity contribution is 7.99. The van der Waals surface area contributed by atoms with Crippen molar-refractivity contribution in [2.45, 2.75) is 11.2 Å². The molecule has 0 bridgehead atoms. The Labute approximate surface area is 189 Å². The van der Waals surface area contributed by atoms with Crippen molar-refractivity contribution >= 4 is 17.7 Å². The number of imidazole rings is 1. The average Bonchev–Trinajstić information content (AvgIpc) is 3.42. The van der Waals surface area contributed by atoms with Crippen molar-refractivity contribution in [3.8, 4) is 17.1 Å². The van der Waals surface area contributed by atoms with E-state index >= 15 is 0 Å². The van der Waals surface area contributed by atoms with Gasteiger partial charge in [-0.3, -0.25) is 4.79 Å². The Hall–Kier alpha value is -3.79. The van der Waals surface area contributed by atoms with Gasteiger partial charge >= 0.3 is 0 Å². The second-order valence-corrected chi connectivity index (χ2v) is 7.94. The molecule has 32 heavy (non-hydrogen) atoms. The van der Waals surface area contributed by atoms with Gasteiger partial charge in [-0.15, -0.1) is 10.2 Å². The smallest absolute Gasteiger partial charge is 0.231 e. The van der Waals surface area contributed by atoms with E-state index in [1.165, 1.54) is 16.4 Å². The molecule has 4 rings (SSSR count). The van der Waals surface area contributed by atoms with E-state index in [1.54, 1.807) is 13.3 Å². The van der Waals surface area contributed by atoms with Gasteiger partial charge in [-0.1, -0.05) is 42.1 Å². The SMILES string of the molecule is COc1ccc(-c2nnc(SCC(=O)NC(c3ccccc3)c3nccn3C)n2N)cc1. The Morgan fingerprint density at radius 3 is 2.56 bits per heavy atom. The van der Waals surface area contributed by atoms with E-state index < -0.39 is 0 Å². The Bertz CT molecular complexity index is 1190. The number of aromatic nitrogens is 5. The zero-order valence-corrected chi connectivity index (χ0v) is 18.5. The van der Waals surface area contributed by atoms with Crippen molar-refractivity contribution in [3.05, 3.63) is 78.4 Å². The van der Waals surface area contributed by atoms with Gasteiger partial charge in [-0.25, -0.2) is 9.66 Å². The highest BCUT2D eigenvalue weighted by Crippen LogP contribution is 2.24. The molecule has 1 amide bonds. The van der Waals surface area contributed by atoms with Gasteiger partial charge in [0.2, 0.25) is 11.1 Å². The molecule has 0 aliphatic rings. The molecule has 0 aliphatic carbocycles. The molecule has 0 saturated carbocycles. The first-order valence-electron chi connectivity index (χ1n) is 9.86. The van der Waals surface area contributed by atoms with Crippen LogP contribution in [0.5, 0.6) is 5.75 Å². The lowest BCUT2D eigenvalue weighted by atomic mass is 10.1. The molecular weight excluding hydrogens is 426 g/mol. The van der Waals surface area contributed by atoms with E-state index in [1.807, 2.05) is 72.4 Å². The van der Waals surface area contributed by atoms with Crippen LogP contribution in [0.3, 0.4) is 0 Å². The lowest BCUT2D eigenvalue weighted by Crippen LogP contribution is -2.32. The molecular formula is C22H23N7O2S. The Morgan fingerprint density at radius 1 is 1.16 bits per heavy atom. The summed E-state index contributed by atoms with van der Waals surface area (Å²) in [5, 5.41) is 11.8. The molecule has 0 aliphatic heterocycles. The molecule has 1 atom stereocenters. The van der Waals surface area contributed by atoms with Crippen LogP contribution in [-0.2, 0) is 11.8 Å². The number of carbonyl (C=O) groups is 1. The Balaban J connectivity index is 1.45. The number of methoxy groups -OCH3 is 1. The number of hydrogen-bond acceptors (Lipinski definition) is 7. The van der Waals surface area contributed by atoms with Gasteiger partial charge in [0.25, 0.3) is 0 Å². The van der Waals surface area contributed by atoms with Crippen LogP contribution in [0.1, 0.15) is 17.4 Å². The minimum Gasteiger partial charge on any atom is -0.497 e. The normalized spacial score (nSPS) is 11.8. The van der Waals surface area contributed by atoms with Crippen molar-refractivity contribution in [3.63, 3.8) is 0 Å². The van der Waals surface area contributed by atoms with E-state index in [9.17, 15) is 4.79 Å². The number of hydrogen-bond donors (Lipinski definition) is 2. The van der Waals surface area contributed by atoms with Gasteiger partial charge in [0, 0.05) is 25.0 Å². The molecule has 9 nitrogen and oxygen atoms in total. The summed E-state index contributed by atoms with van der Waals surface area (Å²) in [6.45, 7) is 0. The van der Waals surface area contributed by atoms with E-state index in [-0.39, 0.29) is 17.7 Å². The number of nitrogens with two attached hydrogens (primary N) is 1. The number of rotatable bonds is 8. The maximum absolute atomic E-state index is 12.8. The first kappa shape index (κ1) is 21.4. The van der Waals surface area contributed by atoms with Crippen LogP contribution in [0.4, 0.5) is 0 Å². The number of aryl methyl sites for hydroxylation is 1. The second kappa shape index (κ2) is 9.56. The molecule has 164 valence electrons. The molecule has 2 aromatic carbocycles. The van der Waals surface area contributed by atoms with E-state index in [2.05, 4.69) is 20.5 Å². The highest BCUT2D eigenvalue weighted by atomic mass is 32.2. The summed E-state index contributed by atoms with van der Waals surface area (Å²) in [4.78, 5) is 17.2. The average molecular weight is 450 g/mol. The van der Waals surface area contributed by atoms with Gasteiger partial charge in [-0.2, -0.15) is 0 Å². The lowest BCUT2D eigenvalue weighted by Gasteiger charge is -2.19. The fraction of sp³-hybridized carbons (Fsp3) is 0.182. The number of carbonyl (C=O) groups excluding carboxylic acids is 1. The van der Waals surface area contributed by atoms with Crippen molar-refractivity contribution in [2.24, 2.45) is 7.05 Å². The van der Waals surface area contributed by atoms with Crippen LogP contribution in [0.25, 0.3) is 11.4 Å². The number of nitrogen functional groups attached to an aromatic ring is 1. The quantitative estimate of drug-likeness (QED) is 0.314. The lowest BCUT2D eigenvalue weighted by molar-refractivity contribution is -0.119. The van der Waals surface area contributed by atoms with E-state index in [0.29, 0.717) is 11.0 Å². The Morgan fingerprint density at radius 2 is 1.91 bits per heavy atom. The van der Waals surface area contributed by atoms with Crippen LogP contribution in [0.15, 0.2) is 72.1 Å². The zero-order valence-electron chi connectivity index (χ0n) is 17.7. The maximum Gasteiger partial charge on any atom is 0.231 e. The molecule has 10 heteroatoms. The molecule has 1 unspecified atom stereocenters. The topological polar surface area (TPSA) is 113 Å². The number of amides is 1. The standard InChI is InChI=1S/C22H23N7O2S/c1-28-13-12-24-21(28)19(15-6-4-3-5-7-15)25-18(30)14-32-22-27-26-20(29(22)23)16-8-10-17(31-2)11-9-16/h3-13,19H,14,23H2,1-2H3,(H,25,30). The summed E-state index contributed by atoms with van der Waals surface area (Å²) in [6.07, 6.45) is 3.56. The summed E-state index contributed by atoms with van der Waals surface area (Å²) in [6, 6.07) is 16.7. The van der Waals surface area contributed by atoms with Gasteiger partial charge in [0.05, 0.1) is 12.9 Å². The second-order valence-electron chi connectivity index (χ2n) is 7.00. The molecule has 2 aromatic heterocycles. The maximum atomic E-state index is 12.8. The van der Waals surface area contributed by atoms with E-state index in [4.69, 9.17) is 10.6 Å². The van der Waals surface area contributed by atoms with Gasteiger partial charge in [0.1, 0.15) is 17.6 Å². The summed E-state index contributed by atoms with van der Waals surface area (Å²) in [5.74, 6) is 8.13. The molecule has 0 spiro atoms. The first-order valence-corrected chi connectivity index (χ1v) is 10.8. The van der Waals surface area contributed by atoms with Crippen molar-refractivity contribution in [1.29, 1.82) is 0 Å². The number of benzene rings is 2. The predicted octanol–water partition coefficient (Wildman–Crippen LogP) is 2.40. The molecule has 2 heterocycles. The summed E-state index contributed by atoms with van der Waals surface area (Å²) < 4.78 is 8.45. The molecule has 0 fully saturated rings. The minimum atomic E-state index is -0.366. The van der Waals surface area contributed by atoms with Crippen LogP contribution >= 0.6 is 11.8 Å². The third-order valence-corrected chi connectivity index (χ3v) is 5.84. The summed E-state index contributed by atoms with van der Waals surface area (Å²) in [5.41, 5.74) is 1.75. The molecule has 4 aromatic rings. The van der Waals surface area contributed by atoms with Crippen molar-refractivity contribution in [2.75, 3.05) is 18.7 Å². The van der Waals surface area contributed by atoms with Gasteiger partial charge in [0.15, 0.2) is 5.82 Å².